The Morgan fingerprint density at radius 1 is 1.28 bits per heavy atom. The minimum Gasteiger partial charge on any atom is -0.324 e. The third-order valence-electron chi connectivity index (χ3n) is 3.47. The van der Waals surface area contributed by atoms with Gasteiger partial charge in [0, 0.05) is 5.69 Å². The lowest BCUT2D eigenvalue weighted by molar-refractivity contribution is -0.120. The summed E-state index contributed by atoms with van der Waals surface area (Å²) in [5.41, 5.74) is 2.03. The smallest absolute Gasteiger partial charge is 0.241 e. The third-order valence-corrected chi connectivity index (χ3v) is 3.47. The molecule has 0 bridgehead atoms. The number of anilines is 1. The van der Waals surface area contributed by atoms with Crippen molar-refractivity contribution in [1.29, 1.82) is 0 Å². The molecule has 4 heteroatoms. The number of nitrogens with zero attached hydrogens (tertiary/aromatic N) is 1. The first-order valence-electron chi connectivity index (χ1n) is 6.29. The van der Waals surface area contributed by atoms with Crippen molar-refractivity contribution in [2.24, 2.45) is 0 Å². The maximum absolute atomic E-state index is 12.1. The van der Waals surface area contributed by atoms with Crippen LogP contribution in [0.2, 0.25) is 0 Å². The van der Waals surface area contributed by atoms with Gasteiger partial charge in [-0.1, -0.05) is 18.2 Å². The summed E-state index contributed by atoms with van der Waals surface area (Å²) < 4.78 is 0. The highest BCUT2D eigenvalue weighted by molar-refractivity contribution is 5.95. The first-order chi connectivity index (χ1) is 8.18. The van der Waals surface area contributed by atoms with Crippen LogP contribution in [0.5, 0.6) is 0 Å². The number of hydrogen-bond acceptors (Lipinski definition) is 2. The van der Waals surface area contributed by atoms with E-state index in [-0.39, 0.29) is 24.4 Å². The van der Waals surface area contributed by atoms with Gasteiger partial charge in [0.15, 0.2) is 0 Å². The highest BCUT2D eigenvalue weighted by Crippen LogP contribution is 2.16. The highest BCUT2D eigenvalue weighted by atomic mass is 35.5. The molecule has 0 aliphatic carbocycles. The van der Waals surface area contributed by atoms with Gasteiger partial charge in [-0.25, -0.2) is 0 Å². The van der Waals surface area contributed by atoms with Crippen molar-refractivity contribution in [3.05, 3.63) is 29.8 Å². The number of benzene rings is 1. The number of halogens is 1. The van der Waals surface area contributed by atoms with Gasteiger partial charge >= 0.3 is 0 Å². The van der Waals surface area contributed by atoms with Gasteiger partial charge in [0.1, 0.15) is 0 Å². The first kappa shape index (κ1) is 15.0. The molecule has 0 aromatic heterocycles. The van der Waals surface area contributed by atoms with Gasteiger partial charge in [-0.15, -0.1) is 12.4 Å². The summed E-state index contributed by atoms with van der Waals surface area (Å²) in [6.45, 7) is 6.08. The molecule has 0 radical (unpaired) electrons. The second-order valence-corrected chi connectivity index (χ2v) is 4.72. The fourth-order valence-corrected chi connectivity index (χ4v) is 2.25. The minimum absolute atomic E-state index is 0. The zero-order valence-corrected chi connectivity index (χ0v) is 11.8. The Kier molecular flexibility index (Phi) is 5.63. The van der Waals surface area contributed by atoms with Gasteiger partial charge in [-0.05, 0) is 51.4 Å². The molecule has 1 aliphatic heterocycles. The molecule has 1 aromatic rings. The molecule has 1 N–H and O–H groups in total. The molecule has 1 aliphatic rings. The molecule has 1 heterocycles. The lowest BCUT2D eigenvalue weighted by atomic mass is 10.2. The molecule has 0 saturated carbocycles. The highest BCUT2D eigenvalue weighted by Gasteiger charge is 2.23. The zero-order valence-electron chi connectivity index (χ0n) is 11.0. The van der Waals surface area contributed by atoms with Crippen LogP contribution in [0.4, 0.5) is 5.69 Å². The van der Waals surface area contributed by atoms with Crippen molar-refractivity contribution < 1.29 is 4.79 Å². The Bertz CT molecular complexity index is 403. The maximum atomic E-state index is 12.1. The van der Waals surface area contributed by atoms with Gasteiger partial charge < -0.3 is 5.32 Å². The van der Waals surface area contributed by atoms with Gasteiger partial charge in [-0.3, -0.25) is 9.69 Å². The van der Waals surface area contributed by atoms with E-state index in [1.807, 2.05) is 38.1 Å². The summed E-state index contributed by atoms with van der Waals surface area (Å²) in [6.07, 6.45) is 2.42. The number of hydrogen-bond donors (Lipinski definition) is 1. The van der Waals surface area contributed by atoms with Gasteiger partial charge in [0.25, 0.3) is 0 Å². The van der Waals surface area contributed by atoms with E-state index < -0.39 is 0 Å². The predicted octanol–water partition coefficient (Wildman–Crippen LogP) is 2.84. The van der Waals surface area contributed by atoms with Crippen molar-refractivity contribution in [3.8, 4) is 0 Å². The van der Waals surface area contributed by atoms with E-state index in [9.17, 15) is 4.79 Å². The van der Waals surface area contributed by atoms with Crippen LogP contribution in [0.15, 0.2) is 24.3 Å². The van der Waals surface area contributed by atoms with Crippen molar-refractivity contribution in [3.63, 3.8) is 0 Å². The molecular weight excluding hydrogens is 248 g/mol. The Morgan fingerprint density at radius 2 is 1.89 bits per heavy atom. The maximum Gasteiger partial charge on any atom is 0.241 e. The summed E-state index contributed by atoms with van der Waals surface area (Å²) in [7, 11) is 0. The topological polar surface area (TPSA) is 32.3 Å². The van der Waals surface area contributed by atoms with Crippen molar-refractivity contribution in [2.45, 2.75) is 32.7 Å². The largest absolute Gasteiger partial charge is 0.324 e. The Morgan fingerprint density at radius 3 is 2.50 bits per heavy atom. The number of likely N-dealkylation sites (tertiary alicyclic amines) is 1. The molecule has 1 saturated heterocycles. The van der Waals surface area contributed by atoms with Crippen LogP contribution in [0.25, 0.3) is 0 Å². The molecule has 1 unspecified atom stereocenters. The summed E-state index contributed by atoms with van der Waals surface area (Å²) >= 11 is 0. The van der Waals surface area contributed by atoms with Crippen molar-refractivity contribution in [1.82, 2.24) is 4.90 Å². The van der Waals surface area contributed by atoms with Gasteiger partial charge in [-0.2, -0.15) is 0 Å². The number of nitrogens with one attached hydrogen (secondary N) is 1. The summed E-state index contributed by atoms with van der Waals surface area (Å²) in [5, 5.41) is 3.01. The SMILES string of the molecule is Cc1ccccc1NC(=O)C(C)N1CCCC1.Cl. The van der Waals surface area contributed by atoms with Crippen LogP contribution < -0.4 is 5.32 Å². The number of carbonyl (C=O) groups excluding carboxylic acids is 1. The molecule has 1 atom stereocenters. The second-order valence-electron chi connectivity index (χ2n) is 4.72. The molecule has 100 valence electrons. The van der Waals surface area contributed by atoms with E-state index >= 15 is 0 Å². The van der Waals surface area contributed by atoms with E-state index in [0.29, 0.717) is 0 Å². The van der Waals surface area contributed by atoms with Crippen LogP contribution in [0.3, 0.4) is 0 Å². The average Bonchev–Trinajstić information content (AvgIpc) is 2.84. The predicted molar refractivity (Wildman–Crippen MR) is 77.3 cm³/mol. The second kappa shape index (κ2) is 6.76. The van der Waals surface area contributed by atoms with Crippen LogP contribution in [0.1, 0.15) is 25.3 Å². The molecular formula is C14H21ClN2O. The first-order valence-corrected chi connectivity index (χ1v) is 6.29. The van der Waals surface area contributed by atoms with Crippen LogP contribution in [-0.4, -0.2) is 29.9 Å². The molecule has 1 aromatic carbocycles. The number of aryl methyl sites for hydroxylation is 1. The lowest BCUT2D eigenvalue weighted by Gasteiger charge is -2.23. The molecule has 1 amide bonds. The van der Waals surface area contributed by atoms with E-state index in [1.165, 1.54) is 12.8 Å². The summed E-state index contributed by atoms with van der Waals surface area (Å²) in [5.74, 6) is 0.0983. The Labute approximate surface area is 115 Å². The van der Waals surface area contributed by atoms with Crippen LogP contribution >= 0.6 is 12.4 Å². The van der Waals surface area contributed by atoms with E-state index in [2.05, 4.69) is 10.2 Å². The number of carbonyl (C=O) groups is 1. The number of amides is 1. The van der Waals surface area contributed by atoms with Gasteiger partial charge in [0.2, 0.25) is 5.91 Å². The number of rotatable bonds is 3. The van der Waals surface area contributed by atoms with E-state index in [4.69, 9.17) is 0 Å². The third kappa shape index (κ3) is 3.47. The fraction of sp³-hybridized carbons (Fsp3) is 0.500. The molecule has 0 spiro atoms. The standard InChI is InChI=1S/C14H20N2O.ClH/c1-11-7-3-4-8-13(11)15-14(17)12(2)16-9-5-6-10-16;/h3-4,7-8,12H,5-6,9-10H2,1-2H3,(H,15,17);1H. The lowest BCUT2D eigenvalue weighted by Crippen LogP contribution is -2.40. The molecule has 18 heavy (non-hydrogen) atoms. The number of para-hydroxylation sites is 1. The zero-order chi connectivity index (χ0) is 12.3. The average molecular weight is 269 g/mol. The summed E-state index contributed by atoms with van der Waals surface area (Å²) in [6, 6.07) is 7.86. The van der Waals surface area contributed by atoms with Crippen LogP contribution in [0, 0.1) is 6.92 Å². The molecule has 2 rings (SSSR count). The van der Waals surface area contributed by atoms with Gasteiger partial charge in [0.05, 0.1) is 6.04 Å². The Balaban J connectivity index is 0.00000162. The van der Waals surface area contributed by atoms with E-state index in [0.717, 1.165) is 24.3 Å². The normalized spacial score (nSPS) is 17.0. The molecule has 3 nitrogen and oxygen atoms in total. The summed E-state index contributed by atoms with van der Waals surface area (Å²) in [4.78, 5) is 14.3. The fourth-order valence-electron chi connectivity index (χ4n) is 2.25. The molecule has 1 fully saturated rings. The van der Waals surface area contributed by atoms with Crippen molar-refractivity contribution in [2.75, 3.05) is 18.4 Å². The monoisotopic (exact) mass is 268 g/mol. The van der Waals surface area contributed by atoms with Crippen LogP contribution in [-0.2, 0) is 4.79 Å². The Hall–Kier alpha value is -1.06. The quantitative estimate of drug-likeness (QED) is 0.914. The minimum atomic E-state index is -0.0305. The van der Waals surface area contributed by atoms with Crippen molar-refractivity contribution >= 4 is 24.0 Å². The van der Waals surface area contributed by atoms with E-state index in [1.54, 1.807) is 0 Å².